The third-order valence-electron chi connectivity index (χ3n) is 4.75. The molecule has 0 radical (unpaired) electrons. The molecule has 0 bridgehead atoms. The average Bonchev–Trinajstić information content (AvgIpc) is 2.37. The van der Waals surface area contributed by atoms with E-state index in [-0.39, 0.29) is 10.8 Å². The highest BCUT2D eigenvalue weighted by Gasteiger charge is 2.37. The van der Waals surface area contributed by atoms with E-state index in [2.05, 4.69) is 58.9 Å². The van der Waals surface area contributed by atoms with Crippen molar-refractivity contribution in [2.45, 2.75) is 64.7 Å². The Hall–Kier alpha value is -1.55. The summed E-state index contributed by atoms with van der Waals surface area (Å²) in [4.78, 5) is 0. The lowest BCUT2D eigenvalue weighted by Gasteiger charge is -2.42. The van der Waals surface area contributed by atoms with Crippen molar-refractivity contribution in [1.29, 1.82) is 5.26 Å². The SMILES string of the molecule is Cc1cc2c(cc1C=CCC#N)C(C)(C)CCC2(C)C. The Labute approximate surface area is 123 Å². The summed E-state index contributed by atoms with van der Waals surface area (Å²) in [6, 6.07) is 6.87. The van der Waals surface area contributed by atoms with Gasteiger partial charge >= 0.3 is 0 Å². The fourth-order valence-electron chi connectivity index (χ4n) is 3.16. The van der Waals surface area contributed by atoms with Crippen LogP contribution in [0.25, 0.3) is 6.08 Å². The number of rotatable bonds is 2. The first-order valence-corrected chi connectivity index (χ1v) is 7.47. The van der Waals surface area contributed by atoms with Crippen LogP contribution in [0.5, 0.6) is 0 Å². The molecule has 0 saturated heterocycles. The summed E-state index contributed by atoms with van der Waals surface area (Å²) < 4.78 is 0. The number of allylic oxidation sites excluding steroid dienone is 1. The molecule has 0 atom stereocenters. The highest BCUT2D eigenvalue weighted by molar-refractivity contribution is 5.59. The molecule has 0 amide bonds. The quantitative estimate of drug-likeness (QED) is 0.716. The topological polar surface area (TPSA) is 23.8 Å². The van der Waals surface area contributed by atoms with Gasteiger partial charge in [-0.3, -0.25) is 0 Å². The summed E-state index contributed by atoms with van der Waals surface area (Å²) in [5.74, 6) is 0. The Morgan fingerprint density at radius 3 is 2.20 bits per heavy atom. The molecule has 1 heteroatoms. The molecular formula is C19H25N. The summed E-state index contributed by atoms with van der Waals surface area (Å²) in [5.41, 5.74) is 6.06. The molecule has 106 valence electrons. The van der Waals surface area contributed by atoms with E-state index in [0.717, 1.165) is 0 Å². The Morgan fingerprint density at radius 2 is 1.65 bits per heavy atom. The van der Waals surface area contributed by atoms with Gasteiger partial charge in [-0.25, -0.2) is 0 Å². The van der Waals surface area contributed by atoms with Gasteiger partial charge in [-0.15, -0.1) is 0 Å². The molecule has 0 unspecified atom stereocenters. The number of aryl methyl sites for hydroxylation is 1. The molecule has 0 saturated carbocycles. The smallest absolute Gasteiger partial charge is 0.0663 e. The van der Waals surface area contributed by atoms with Gasteiger partial charge in [-0.1, -0.05) is 52.0 Å². The molecule has 0 fully saturated rings. The molecule has 1 aromatic rings. The van der Waals surface area contributed by atoms with Crippen LogP contribution < -0.4 is 0 Å². The lowest BCUT2D eigenvalue weighted by Crippen LogP contribution is -2.34. The van der Waals surface area contributed by atoms with E-state index in [0.29, 0.717) is 6.42 Å². The largest absolute Gasteiger partial charge is 0.198 e. The van der Waals surface area contributed by atoms with Gasteiger partial charge in [-0.05, 0) is 52.8 Å². The molecule has 0 aliphatic heterocycles. The van der Waals surface area contributed by atoms with Crippen LogP contribution in [0.3, 0.4) is 0 Å². The summed E-state index contributed by atoms with van der Waals surface area (Å²) in [6.45, 7) is 11.6. The third kappa shape index (κ3) is 2.66. The van der Waals surface area contributed by atoms with Gasteiger partial charge in [0.15, 0.2) is 0 Å². The van der Waals surface area contributed by atoms with Crippen molar-refractivity contribution >= 4 is 6.08 Å². The van der Waals surface area contributed by atoms with E-state index < -0.39 is 0 Å². The molecule has 0 N–H and O–H groups in total. The Bertz CT molecular complexity index is 583. The second kappa shape index (κ2) is 5.09. The maximum absolute atomic E-state index is 8.66. The fraction of sp³-hybridized carbons (Fsp3) is 0.526. The van der Waals surface area contributed by atoms with Crippen LogP contribution in [0, 0.1) is 18.3 Å². The Balaban J connectivity index is 2.55. The summed E-state index contributed by atoms with van der Waals surface area (Å²) in [5, 5.41) is 8.66. The summed E-state index contributed by atoms with van der Waals surface area (Å²) >= 11 is 0. The zero-order valence-corrected chi connectivity index (χ0v) is 13.4. The normalized spacial score (nSPS) is 19.6. The van der Waals surface area contributed by atoms with Crippen LogP contribution in [0.4, 0.5) is 0 Å². The van der Waals surface area contributed by atoms with Gasteiger partial charge < -0.3 is 0 Å². The van der Waals surface area contributed by atoms with Gasteiger partial charge in [0, 0.05) is 0 Å². The molecule has 0 aromatic heterocycles. The molecule has 1 nitrogen and oxygen atoms in total. The van der Waals surface area contributed by atoms with Gasteiger partial charge in [-0.2, -0.15) is 5.26 Å². The lowest BCUT2D eigenvalue weighted by molar-refractivity contribution is 0.331. The third-order valence-corrected chi connectivity index (χ3v) is 4.75. The molecule has 1 aliphatic rings. The first-order valence-electron chi connectivity index (χ1n) is 7.47. The van der Waals surface area contributed by atoms with Gasteiger partial charge in [0.05, 0.1) is 12.5 Å². The second-order valence-electron chi connectivity index (χ2n) is 7.29. The van der Waals surface area contributed by atoms with E-state index in [9.17, 15) is 0 Å². The minimum Gasteiger partial charge on any atom is -0.198 e. The van der Waals surface area contributed by atoms with Crippen molar-refractivity contribution < 1.29 is 0 Å². The first kappa shape index (κ1) is 14.9. The Morgan fingerprint density at radius 1 is 1.10 bits per heavy atom. The fourth-order valence-corrected chi connectivity index (χ4v) is 3.16. The van der Waals surface area contributed by atoms with Crippen molar-refractivity contribution in [2.24, 2.45) is 0 Å². The number of fused-ring (bicyclic) bond motifs is 1. The number of hydrogen-bond donors (Lipinski definition) is 0. The maximum Gasteiger partial charge on any atom is 0.0663 e. The van der Waals surface area contributed by atoms with Crippen molar-refractivity contribution in [3.63, 3.8) is 0 Å². The molecule has 0 spiro atoms. The standard InChI is InChI=1S/C19H25N/c1-14-12-16-17(13-15(14)8-6-7-11-20)19(4,5)10-9-18(16,2)3/h6,8,12-13H,7,9-10H2,1-5H3. The van der Waals surface area contributed by atoms with Crippen molar-refractivity contribution in [3.8, 4) is 6.07 Å². The average molecular weight is 267 g/mol. The maximum atomic E-state index is 8.66. The molecule has 20 heavy (non-hydrogen) atoms. The van der Waals surface area contributed by atoms with Crippen LogP contribution >= 0.6 is 0 Å². The Kier molecular flexibility index (Phi) is 3.78. The highest BCUT2D eigenvalue weighted by atomic mass is 14.4. The van der Waals surface area contributed by atoms with Crippen LogP contribution in [-0.2, 0) is 10.8 Å². The summed E-state index contributed by atoms with van der Waals surface area (Å²) in [7, 11) is 0. The van der Waals surface area contributed by atoms with Gasteiger partial charge in [0.2, 0.25) is 0 Å². The van der Waals surface area contributed by atoms with E-state index >= 15 is 0 Å². The molecule has 1 aliphatic carbocycles. The molecule has 2 rings (SSSR count). The minimum atomic E-state index is 0.246. The van der Waals surface area contributed by atoms with Crippen LogP contribution in [0.1, 0.15) is 69.2 Å². The van der Waals surface area contributed by atoms with E-state index in [1.54, 1.807) is 0 Å². The number of hydrogen-bond acceptors (Lipinski definition) is 1. The van der Waals surface area contributed by atoms with E-state index in [1.807, 2.05) is 6.08 Å². The van der Waals surface area contributed by atoms with Gasteiger partial charge in [0.1, 0.15) is 0 Å². The molecule has 0 heterocycles. The van der Waals surface area contributed by atoms with Gasteiger partial charge in [0.25, 0.3) is 0 Å². The lowest BCUT2D eigenvalue weighted by atomic mass is 9.62. The first-order chi connectivity index (χ1) is 9.28. The van der Waals surface area contributed by atoms with Crippen LogP contribution in [0.2, 0.25) is 0 Å². The summed E-state index contributed by atoms with van der Waals surface area (Å²) in [6.07, 6.45) is 7.01. The van der Waals surface area contributed by atoms with E-state index in [1.165, 1.54) is 35.1 Å². The van der Waals surface area contributed by atoms with Crippen LogP contribution in [-0.4, -0.2) is 0 Å². The molecule has 1 aromatic carbocycles. The van der Waals surface area contributed by atoms with Crippen LogP contribution in [0.15, 0.2) is 18.2 Å². The zero-order valence-electron chi connectivity index (χ0n) is 13.4. The molecular weight excluding hydrogens is 242 g/mol. The highest BCUT2D eigenvalue weighted by Crippen LogP contribution is 2.46. The number of nitrogens with zero attached hydrogens (tertiary/aromatic N) is 1. The van der Waals surface area contributed by atoms with Crippen molar-refractivity contribution in [1.82, 2.24) is 0 Å². The predicted octanol–water partition coefficient (Wildman–Crippen LogP) is 5.27. The second-order valence-corrected chi connectivity index (χ2v) is 7.29. The zero-order chi connectivity index (χ0) is 15.0. The number of nitriles is 1. The van der Waals surface area contributed by atoms with Crippen molar-refractivity contribution in [2.75, 3.05) is 0 Å². The number of benzene rings is 1. The van der Waals surface area contributed by atoms with Crippen molar-refractivity contribution in [3.05, 3.63) is 40.5 Å². The monoisotopic (exact) mass is 267 g/mol. The predicted molar refractivity (Wildman–Crippen MR) is 85.7 cm³/mol. The van der Waals surface area contributed by atoms with E-state index in [4.69, 9.17) is 5.26 Å². The minimum absolute atomic E-state index is 0.246.